The number of rotatable bonds is 3. The maximum absolute atomic E-state index is 6.46. The van der Waals surface area contributed by atoms with Crippen LogP contribution in [-0.4, -0.2) is 4.98 Å². The van der Waals surface area contributed by atoms with Crippen LogP contribution in [0.2, 0.25) is 0 Å². The number of hydrogen-bond acceptors (Lipinski definition) is 2. The van der Waals surface area contributed by atoms with Crippen LogP contribution in [-0.2, 0) is 0 Å². The number of benzene rings is 7. The Morgan fingerprint density at radius 2 is 1.13 bits per heavy atom. The van der Waals surface area contributed by atoms with Gasteiger partial charge in [0.1, 0.15) is 11.2 Å². The lowest BCUT2D eigenvalue weighted by molar-refractivity contribution is 0.669. The van der Waals surface area contributed by atoms with Crippen molar-refractivity contribution in [2.24, 2.45) is 0 Å². The quantitative estimate of drug-likeness (QED) is 0.193. The van der Waals surface area contributed by atoms with E-state index in [1.807, 2.05) is 0 Å². The van der Waals surface area contributed by atoms with Crippen molar-refractivity contribution in [3.63, 3.8) is 0 Å². The van der Waals surface area contributed by atoms with E-state index in [0.29, 0.717) is 0 Å². The van der Waals surface area contributed by atoms with Crippen LogP contribution < -0.4 is 0 Å². The van der Waals surface area contributed by atoms with E-state index in [-0.39, 0.29) is 5.92 Å². The van der Waals surface area contributed by atoms with E-state index in [4.69, 9.17) is 9.40 Å². The van der Waals surface area contributed by atoms with Crippen molar-refractivity contribution < 1.29 is 4.42 Å². The van der Waals surface area contributed by atoms with Gasteiger partial charge in [0.15, 0.2) is 0 Å². The average molecular weight is 586 g/mol. The largest absolute Gasteiger partial charge is 0.456 e. The Morgan fingerprint density at radius 1 is 0.435 bits per heavy atom. The number of hydrogen-bond donors (Lipinski definition) is 0. The highest BCUT2D eigenvalue weighted by Gasteiger charge is 2.30. The van der Waals surface area contributed by atoms with Crippen LogP contribution in [0.1, 0.15) is 22.6 Å². The molecule has 0 amide bonds. The maximum Gasteiger partial charge on any atom is 0.136 e. The Hall–Kier alpha value is -5.99. The highest BCUT2D eigenvalue weighted by atomic mass is 16.3. The van der Waals surface area contributed by atoms with E-state index in [9.17, 15) is 0 Å². The number of fused-ring (bicyclic) bond motifs is 9. The third kappa shape index (κ3) is 3.68. The first-order valence-corrected chi connectivity index (χ1v) is 15.8. The van der Waals surface area contributed by atoms with Gasteiger partial charge in [-0.1, -0.05) is 127 Å². The van der Waals surface area contributed by atoms with Gasteiger partial charge in [-0.05, 0) is 74.7 Å². The topological polar surface area (TPSA) is 26.0 Å². The Bertz CT molecular complexity index is 2650. The molecule has 1 atom stereocenters. The zero-order chi connectivity index (χ0) is 30.2. The van der Waals surface area contributed by atoms with Gasteiger partial charge < -0.3 is 4.42 Å². The average Bonchev–Trinajstić information content (AvgIpc) is 3.67. The minimum Gasteiger partial charge on any atom is -0.456 e. The number of para-hydroxylation sites is 1. The second-order valence-corrected chi connectivity index (χ2v) is 12.2. The molecule has 2 heteroatoms. The summed E-state index contributed by atoms with van der Waals surface area (Å²) in [6.07, 6.45) is 0. The summed E-state index contributed by atoms with van der Waals surface area (Å²) < 4.78 is 6.46. The minimum absolute atomic E-state index is 0.244. The Morgan fingerprint density at radius 3 is 2.04 bits per heavy atom. The molecule has 2 aromatic heterocycles. The fourth-order valence-corrected chi connectivity index (χ4v) is 7.70. The molecule has 9 aromatic rings. The third-order valence-corrected chi connectivity index (χ3v) is 9.75. The lowest BCUT2D eigenvalue weighted by Crippen LogP contribution is -1.98. The summed E-state index contributed by atoms with van der Waals surface area (Å²) >= 11 is 0. The summed E-state index contributed by atoms with van der Waals surface area (Å²) in [7, 11) is 0. The van der Waals surface area contributed by atoms with Crippen LogP contribution in [0.3, 0.4) is 0 Å². The first-order valence-electron chi connectivity index (χ1n) is 15.8. The van der Waals surface area contributed by atoms with Gasteiger partial charge in [-0.25, -0.2) is 4.98 Å². The van der Waals surface area contributed by atoms with Gasteiger partial charge in [0.25, 0.3) is 0 Å². The van der Waals surface area contributed by atoms with E-state index < -0.39 is 0 Å². The van der Waals surface area contributed by atoms with Crippen molar-refractivity contribution in [1.82, 2.24) is 4.98 Å². The van der Waals surface area contributed by atoms with E-state index in [1.165, 1.54) is 49.7 Å². The molecule has 0 aliphatic heterocycles. The number of furan rings is 1. The zero-order valence-electron chi connectivity index (χ0n) is 24.9. The van der Waals surface area contributed by atoms with Crippen molar-refractivity contribution in [2.45, 2.75) is 5.92 Å². The Labute approximate surface area is 266 Å². The second-order valence-electron chi connectivity index (χ2n) is 12.2. The van der Waals surface area contributed by atoms with Crippen LogP contribution in [0.25, 0.3) is 77.1 Å². The second kappa shape index (κ2) is 9.76. The Kier molecular flexibility index (Phi) is 5.38. The van der Waals surface area contributed by atoms with Crippen molar-refractivity contribution in [1.29, 1.82) is 0 Å². The smallest absolute Gasteiger partial charge is 0.136 e. The molecule has 0 fully saturated rings. The molecule has 0 saturated heterocycles. The highest BCUT2D eigenvalue weighted by Crippen LogP contribution is 2.49. The fraction of sp³-hybridized carbons (Fsp3) is 0.0227. The van der Waals surface area contributed by atoms with Gasteiger partial charge in [0.2, 0.25) is 0 Å². The summed E-state index contributed by atoms with van der Waals surface area (Å²) in [5.41, 5.74) is 13.9. The molecule has 0 spiro atoms. The molecule has 2 nitrogen and oxygen atoms in total. The van der Waals surface area contributed by atoms with Gasteiger partial charge >= 0.3 is 0 Å². The molecule has 46 heavy (non-hydrogen) atoms. The first-order chi connectivity index (χ1) is 22.8. The van der Waals surface area contributed by atoms with Crippen molar-refractivity contribution in [3.05, 3.63) is 174 Å². The molecular formula is C44H27NO. The van der Waals surface area contributed by atoms with Gasteiger partial charge in [-0.3, -0.25) is 0 Å². The third-order valence-electron chi connectivity index (χ3n) is 9.75. The van der Waals surface area contributed by atoms with Crippen LogP contribution in [0.15, 0.2) is 162 Å². The normalized spacial score (nSPS) is 13.9. The molecule has 1 unspecified atom stereocenters. The summed E-state index contributed by atoms with van der Waals surface area (Å²) in [5.74, 6) is 0.244. The van der Waals surface area contributed by atoms with Crippen LogP contribution in [0, 0.1) is 0 Å². The van der Waals surface area contributed by atoms with Crippen molar-refractivity contribution in [3.8, 4) is 33.5 Å². The van der Waals surface area contributed by atoms with Crippen molar-refractivity contribution in [2.75, 3.05) is 0 Å². The van der Waals surface area contributed by atoms with Crippen LogP contribution in [0.5, 0.6) is 0 Å². The molecule has 1 aliphatic carbocycles. The number of aromatic nitrogens is 1. The van der Waals surface area contributed by atoms with Gasteiger partial charge in [-0.15, -0.1) is 0 Å². The zero-order valence-corrected chi connectivity index (χ0v) is 24.9. The summed E-state index contributed by atoms with van der Waals surface area (Å²) in [6, 6.07) is 56.6. The van der Waals surface area contributed by atoms with Crippen molar-refractivity contribution >= 4 is 43.6 Å². The predicted octanol–water partition coefficient (Wildman–Crippen LogP) is 11.8. The van der Waals surface area contributed by atoms with Gasteiger partial charge in [-0.2, -0.15) is 0 Å². The van der Waals surface area contributed by atoms with E-state index in [0.717, 1.165) is 44.1 Å². The number of pyridine rings is 1. The molecule has 7 aromatic carbocycles. The van der Waals surface area contributed by atoms with Crippen LogP contribution in [0.4, 0.5) is 0 Å². The SMILES string of the molecule is c1ccc(C2c3ccccc3-c3cc(-c4ccc5oc6cccc(-c7nc8ccccc8c8ccccc78)c6c5c4)ccc32)cc1. The lowest BCUT2D eigenvalue weighted by atomic mass is 9.89. The standard InChI is InChI=1S/C44H27NO/c1-2-11-27(12-3-1)42-33-16-6-4-14-31(33)37-25-28(21-23-34(37)42)29-22-24-40-38(26-29)43-36(18-10-20-41(43)46-40)44-35-17-7-5-13-30(35)32-15-8-9-19-39(32)45-44/h1-26,42H. The minimum atomic E-state index is 0.244. The summed E-state index contributed by atoms with van der Waals surface area (Å²) in [6.45, 7) is 0. The molecular weight excluding hydrogens is 558 g/mol. The van der Waals surface area contributed by atoms with Crippen LogP contribution >= 0.6 is 0 Å². The van der Waals surface area contributed by atoms with E-state index in [1.54, 1.807) is 0 Å². The molecule has 0 radical (unpaired) electrons. The lowest BCUT2D eigenvalue weighted by Gasteiger charge is -2.14. The molecule has 0 N–H and O–H groups in total. The predicted molar refractivity (Wildman–Crippen MR) is 190 cm³/mol. The fourth-order valence-electron chi connectivity index (χ4n) is 7.70. The highest BCUT2D eigenvalue weighted by molar-refractivity contribution is 6.18. The molecule has 214 valence electrons. The molecule has 0 saturated carbocycles. The monoisotopic (exact) mass is 585 g/mol. The summed E-state index contributed by atoms with van der Waals surface area (Å²) in [5, 5.41) is 5.72. The van der Waals surface area contributed by atoms with E-state index >= 15 is 0 Å². The molecule has 1 aliphatic rings. The Balaban J connectivity index is 1.17. The van der Waals surface area contributed by atoms with E-state index in [2.05, 4.69) is 158 Å². The van der Waals surface area contributed by atoms with Gasteiger partial charge in [0, 0.05) is 33.0 Å². The first kappa shape index (κ1) is 25.3. The molecule has 10 rings (SSSR count). The summed E-state index contributed by atoms with van der Waals surface area (Å²) in [4.78, 5) is 5.24. The van der Waals surface area contributed by atoms with Gasteiger partial charge in [0.05, 0.1) is 11.2 Å². The molecule has 0 bridgehead atoms. The maximum atomic E-state index is 6.46. The molecule has 2 heterocycles. The number of nitrogens with zero attached hydrogens (tertiary/aromatic N) is 1.